The number of halogens is 1. The third-order valence-electron chi connectivity index (χ3n) is 2.59. The third-order valence-corrected chi connectivity index (χ3v) is 2.92. The molecule has 0 fully saturated rings. The van der Waals surface area contributed by atoms with E-state index in [0.717, 1.165) is 0 Å². The van der Waals surface area contributed by atoms with Crippen LogP contribution in [0.15, 0.2) is 24.3 Å². The summed E-state index contributed by atoms with van der Waals surface area (Å²) in [6.07, 6.45) is -0.817. The second-order valence-corrected chi connectivity index (χ2v) is 5.94. The first-order valence-electron chi connectivity index (χ1n) is 6.06. The van der Waals surface area contributed by atoms with Crippen LogP contribution in [0.3, 0.4) is 0 Å². The van der Waals surface area contributed by atoms with Crippen molar-refractivity contribution < 1.29 is 19.4 Å². The van der Waals surface area contributed by atoms with Crippen LogP contribution in [0.1, 0.15) is 33.3 Å². The molecule has 0 spiro atoms. The number of carbonyl (C=O) groups is 2. The van der Waals surface area contributed by atoms with Crippen molar-refractivity contribution in [2.24, 2.45) is 0 Å². The summed E-state index contributed by atoms with van der Waals surface area (Å²) in [6, 6.07) is 6.45. The molecule has 0 saturated carbocycles. The number of carbonyl (C=O) groups excluding carboxylic acids is 1. The van der Waals surface area contributed by atoms with E-state index in [1.54, 1.807) is 45.0 Å². The van der Waals surface area contributed by atoms with E-state index in [1.165, 1.54) is 6.92 Å². The average molecular weight is 300 g/mol. The molecule has 2 N–H and O–H groups in total. The summed E-state index contributed by atoms with van der Waals surface area (Å²) >= 11 is 6.01. The van der Waals surface area contributed by atoms with Crippen molar-refractivity contribution >= 4 is 23.7 Å². The van der Waals surface area contributed by atoms with Crippen LogP contribution in [-0.4, -0.2) is 22.8 Å². The molecule has 6 heteroatoms. The van der Waals surface area contributed by atoms with Crippen LogP contribution in [-0.2, 0) is 15.1 Å². The van der Waals surface area contributed by atoms with Gasteiger partial charge in [0.1, 0.15) is 5.60 Å². The highest BCUT2D eigenvalue weighted by molar-refractivity contribution is 6.31. The molecule has 0 saturated heterocycles. The number of hydrogen-bond donors (Lipinski definition) is 2. The maximum absolute atomic E-state index is 11.8. The fraction of sp³-hybridized carbons (Fsp3) is 0.429. The first-order chi connectivity index (χ1) is 9.06. The lowest BCUT2D eigenvalue weighted by molar-refractivity contribution is -0.144. The molecule has 0 heterocycles. The van der Waals surface area contributed by atoms with Gasteiger partial charge in [0, 0.05) is 10.6 Å². The second kappa shape index (κ2) is 5.71. The van der Waals surface area contributed by atoms with Gasteiger partial charge in [0.25, 0.3) is 0 Å². The number of aliphatic carboxylic acids is 1. The zero-order valence-electron chi connectivity index (χ0n) is 11.9. The Kier molecular flexibility index (Phi) is 4.65. The van der Waals surface area contributed by atoms with E-state index in [-0.39, 0.29) is 5.02 Å². The number of ether oxygens (including phenoxy) is 1. The lowest BCUT2D eigenvalue weighted by Gasteiger charge is -2.29. The minimum absolute atomic E-state index is 0.258. The van der Waals surface area contributed by atoms with Gasteiger partial charge >= 0.3 is 12.1 Å². The number of carboxylic acid groups (broad SMARTS) is 1. The average Bonchev–Trinajstić information content (AvgIpc) is 2.26. The van der Waals surface area contributed by atoms with Crippen molar-refractivity contribution in [1.29, 1.82) is 0 Å². The van der Waals surface area contributed by atoms with Gasteiger partial charge in [-0.2, -0.15) is 0 Å². The Morgan fingerprint density at radius 1 is 1.20 bits per heavy atom. The van der Waals surface area contributed by atoms with Crippen molar-refractivity contribution in [3.05, 3.63) is 34.9 Å². The molecule has 0 aliphatic rings. The van der Waals surface area contributed by atoms with E-state index in [1.807, 2.05) is 0 Å². The molecule has 0 aliphatic carbocycles. The van der Waals surface area contributed by atoms with Crippen LogP contribution in [0.4, 0.5) is 4.79 Å². The van der Waals surface area contributed by atoms with Crippen LogP contribution in [0.25, 0.3) is 0 Å². The molecular weight excluding hydrogens is 282 g/mol. The molecule has 20 heavy (non-hydrogen) atoms. The Morgan fingerprint density at radius 2 is 1.75 bits per heavy atom. The Balaban J connectivity index is 3.09. The maximum Gasteiger partial charge on any atom is 0.408 e. The quantitative estimate of drug-likeness (QED) is 0.899. The zero-order valence-corrected chi connectivity index (χ0v) is 12.6. The fourth-order valence-corrected chi connectivity index (χ4v) is 1.94. The zero-order chi connectivity index (χ0) is 15.6. The van der Waals surface area contributed by atoms with Crippen molar-refractivity contribution in [1.82, 2.24) is 5.32 Å². The van der Waals surface area contributed by atoms with Crippen LogP contribution < -0.4 is 5.32 Å². The molecule has 0 aliphatic heterocycles. The van der Waals surface area contributed by atoms with E-state index in [9.17, 15) is 14.7 Å². The molecule has 0 radical (unpaired) electrons. The molecule has 1 aromatic rings. The van der Waals surface area contributed by atoms with Gasteiger partial charge in [0.2, 0.25) is 0 Å². The molecule has 5 nitrogen and oxygen atoms in total. The summed E-state index contributed by atoms with van der Waals surface area (Å²) < 4.78 is 5.09. The molecule has 110 valence electrons. The first-order valence-corrected chi connectivity index (χ1v) is 6.43. The Labute approximate surface area is 122 Å². The summed E-state index contributed by atoms with van der Waals surface area (Å²) in [6.45, 7) is 6.45. The summed E-state index contributed by atoms with van der Waals surface area (Å²) in [4.78, 5) is 23.4. The molecule has 1 amide bonds. The minimum atomic E-state index is -1.67. The number of nitrogens with one attached hydrogen (secondary N) is 1. The number of alkyl carbamates (subject to hydrolysis) is 1. The van der Waals surface area contributed by atoms with Gasteiger partial charge < -0.3 is 15.2 Å². The molecular formula is C14H18ClNO4. The van der Waals surface area contributed by atoms with Gasteiger partial charge in [0.05, 0.1) is 0 Å². The van der Waals surface area contributed by atoms with E-state index in [2.05, 4.69) is 5.32 Å². The van der Waals surface area contributed by atoms with Crippen molar-refractivity contribution in [2.45, 2.75) is 38.8 Å². The molecule has 0 aromatic heterocycles. The van der Waals surface area contributed by atoms with Crippen LogP contribution in [0, 0.1) is 0 Å². The van der Waals surface area contributed by atoms with Gasteiger partial charge in [-0.1, -0.05) is 29.8 Å². The highest BCUT2D eigenvalue weighted by Crippen LogP contribution is 2.28. The number of hydrogen-bond acceptors (Lipinski definition) is 3. The molecule has 1 unspecified atom stereocenters. The Bertz CT molecular complexity index is 524. The van der Waals surface area contributed by atoms with Crippen molar-refractivity contribution in [3.63, 3.8) is 0 Å². The standard InChI is InChI=1S/C14H18ClNO4/c1-13(2,3)20-12(19)16-14(4,11(17)18)9-7-5-6-8-10(9)15/h5-8H,1-4H3,(H,16,19)(H,17,18). The van der Waals surface area contributed by atoms with Crippen LogP contribution >= 0.6 is 11.6 Å². The summed E-state index contributed by atoms with van der Waals surface area (Å²) in [5.74, 6) is -1.23. The van der Waals surface area contributed by atoms with Gasteiger partial charge in [-0.15, -0.1) is 0 Å². The normalized spacial score (nSPS) is 14.2. The molecule has 0 bridgehead atoms. The molecule has 1 rings (SSSR count). The summed E-state index contributed by atoms with van der Waals surface area (Å²) in [5.41, 5.74) is -2.09. The highest BCUT2D eigenvalue weighted by atomic mass is 35.5. The third kappa shape index (κ3) is 3.87. The van der Waals surface area contributed by atoms with Crippen LogP contribution in [0.2, 0.25) is 5.02 Å². The number of benzene rings is 1. The molecule has 1 atom stereocenters. The predicted octanol–water partition coefficient (Wildman–Crippen LogP) is 3.16. The number of carboxylic acids is 1. The van der Waals surface area contributed by atoms with Gasteiger partial charge in [0.15, 0.2) is 5.54 Å². The van der Waals surface area contributed by atoms with E-state index < -0.39 is 23.2 Å². The summed E-state index contributed by atoms with van der Waals surface area (Å²) in [7, 11) is 0. The van der Waals surface area contributed by atoms with Crippen LogP contribution in [0.5, 0.6) is 0 Å². The first kappa shape index (κ1) is 16.3. The lowest BCUT2D eigenvalue weighted by atomic mass is 9.92. The predicted molar refractivity (Wildman–Crippen MR) is 75.8 cm³/mol. The lowest BCUT2D eigenvalue weighted by Crippen LogP contribution is -2.51. The van der Waals surface area contributed by atoms with E-state index in [4.69, 9.17) is 16.3 Å². The monoisotopic (exact) mass is 299 g/mol. The smallest absolute Gasteiger partial charge is 0.408 e. The summed E-state index contributed by atoms with van der Waals surface area (Å²) in [5, 5.41) is 12.0. The van der Waals surface area contributed by atoms with Crippen molar-refractivity contribution in [3.8, 4) is 0 Å². The Hall–Kier alpha value is -1.75. The number of rotatable bonds is 3. The van der Waals surface area contributed by atoms with E-state index in [0.29, 0.717) is 5.56 Å². The van der Waals surface area contributed by atoms with Gasteiger partial charge in [-0.05, 0) is 33.8 Å². The minimum Gasteiger partial charge on any atom is -0.479 e. The maximum atomic E-state index is 11.8. The largest absolute Gasteiger partial charge is 0.479 e. The number of amides is 1. The topological polar surface area (TPSA) is 75.6 Å². The molecule has 1 aromatic carbocycles. The van der Waals surface area contributed by atoms with Gasteiger partial charge in [-0.25, -0.2) is 9.59 Å². The fourth-order valence-electron chi connectivity index (χ4n) is 1.61. The second-order valence-electron chi connectivity index (χ2n) is 5.54. The highest BCUT2D eigenvalue weighted by Gasteiger charge is 2.39. The Morgan fingerprint density at radius 3 is 2.20 bits per heavy atom. The van der Waals surface area contributed by atoms with Crippen molar-refractivity contribution in [2.75, 3.05) is 0 Å². The van der Waals surface area contributed by atoms with Gasteiger partial charge in [-0.3, -0.25) is 0 Å². The van der Waals surface area contributed by atoms with E-state index >= 15 is 0 Å². The SMILES string of the molecule is CC(C)(C)OC(=O)NC(C)(C(=O)O)c1ccccc1Cl.